The van der Waals surface area contributed by atoms with Crippen LogP contribution in [0.15, 0.2) is 122 Å². The lowest BCUT2D eigenvalue weighted by atomic mass is 9.75. The third kappa shape index (κ3) is 7.32. The van der Waals surface area contributed by atoms with Crippen LogP contribution in [0.25, 0.3) is 22.3 Å². The Morgan fingerprint density at radius 3 is 1.30 bits per heavy atom. The maximum absolute atomic E-state index is 13.4. The van der Waals surface area contributed by atoms with Crippen LogP contribution in [-0.4, -0.2) is 22.4 Å². The van der Waals surface area contributed by atoms with Gasteiger partial charge in [0.05, 0.1) is 0 Å². The molecule has 4 aromatic rings. The van der Waals surface area contributed by atoms with Crippen molar-refractivity contribution in [1.29, 1.82) is 0 Å². The molecule has 0 radical (unpaired) electrons. The molecule has 0 fully saturated rings. The molecule has 0 aliphatic carbocycles. The molecule has 0 aromatic heterocycles. The van der Waals surface area contributed by atoms with E-state index in [1.54, 1.807) is 13.8 Å². The van der Waals surface area contributed by atoms with Gasteiger partial charge in [0.25, 0.3) is 0 Å². The number of Topliss-reactive ketones (excluding diaryl/α,β-unsaturated/α-hetero) is 2. The summed E-state index contributed by atoms with van der Waals surface area (Å²) in [6.45, 7) is 15.4. The van der Waals surface area contributed by atoms with Crippen LogP contribution in [0.1, 0.15) is 59.5 Å². The summed E-state index contributed by atoms with van der Waals surface area (Å²) in [5.41, 5.74) is 4.89. The second kappa shape index (κ2) is 13.5. The minimum absolute atomic E-state index is 0.0392. The van der Waals surface area contributed by atoms with Gasteiger partial charge in [0.2, 0.25) is 11.6 Å². The number of thiol groups is 2. The largest absolute Gasteiger partial charge is 0.477 e. The third-order valence-corrected chi connectivity index (χ3v) is 7.48. The molecule has 4 aromatic carbocycles. The van der Waals surface area contributed by atoms with Crippen molar-refractivity contribution in [1.82, 2.24) is 0 Å². The fourth-order valence-corrected chi connectivity index (χ4v) is 5.22. The zero-order valence-corrected chi connectivity index (χ0v) is 26.6. The second-order valence-electron chi connectivity index (χ2n) is 10.8. The van der Waals surface area contributed by atoms with E-state index in [-0.39, 0.29) is 23.1 Å². The van der Waals surface area contributed by atoms with E-state index >= 15 is 0 Å². The van der Waals surface area contributed by atoms with Gasteiger partial charge in [0, 0.05) is 16.5 Å². The van der Waals surface area contributed by atoms with Crippen LogP contribution in [0.4, 0.5) is 0 Å². The molecule has 2 unspecified atom stereocenters. The van der Waals surface area contributed by atoms with Gasteiger partial charge >= 0.3 is 0 Å². The standard InChI is InChI=1S/C37H36O4S2/c1-23(40-25(3)42)35(38)31-19-17-29(21-33(31)27-13-9-7-10-14-27)37(5,6)30-18-20-32(36(39)24(2)41-26(4)43)34(22-30)28-15-11-8-12-16-28/h7-22,25-26,42-43H,1-2H2,3-6H3. The molecule has 43 heavy (non-hydrogen) atoms. The lowest BCUT2D eigenvalue weighted by Crippen LogP contribution is -2.20. The molecule has 0 spiro atoms. The summed E-state index contributed by atoms with van der Waals surface area (Å²) in [4.78, 5) is 26.8. The predicted molar refractivity (Wildman–Crippen MR) is 182 cm³/mol. The number of carbonyl (C=O) groups excluding carboxylic acids is 2. The summed E-state index contributed by atoms with van der Waals surface area (Å²) in [5, 5.41) is 0. The molecule has 6 heteroatoms. The molecule has 0 bridgehead atoms. The molecule has 0 saturated heterocycles. The van der Waals surface area contributed by atoms with Gasteiger partial charge in [0.1, 0.15) is 10.9 Å². The van der Waals surface area contributed by atoms with E-state index in [4.69, 9.17) is 9.47 Å². The zero-order chi connectivity index (χ0) is 31.3. The Hall–Kier alpha value is -4.00. The Morgan fingerprint density at radius 2 is 0.977 bits per heavy atom. The lowest BCUT2D eigenvalue weighted by molar-refractivity contribution is 0.0906. The van der Waals surface area contributed by atoms with Gasteiger partial charge in [-0.05, 0) is 71.5 Å². The zero-order valence-electron chi connectivity index (χ0n) is 24.8. The van der Waals surface area contributed by atoms with E-state index in [0.717, 1.165) is 33.4 Å². The van der Waals surface area contributed by atoms with Crippen molar-refractivity contribution in [2.45, 2.75) is 44.0 Å². The van der Waals surface area contributed by atoms with Crippen LogP contribution in [0.5, 0.6) is 0 Å². The first kappa shape index (κ1) is 31.9. The predicted octanol–water partition coefficient (Wildman–Crippen LogP) is 9.32. The van der Waals surface area contributed by atoms with Crippen molar-refractivity contribution in [3.63, 3.8) is 0 Å². The monoisotopic (exact) mass is 608 g/mol. The molecule has 0 heterocycles. The van der Waals surface area contributed by atoms with E-state index in [1.165, 1.54) is 0 Å². The van der Waals surface area contributed by atoms with Crippen molar-refractivity contribution in [3.05, 3.63) is 144 Å². The lowest BCUT2D eigenvalue weighted by Gasteiger charge is -2.28. The van der Waals surface area contributed by atoms with Gasteiger partial charge in [-0.3, -0.25) is 9.59 Å². The van der Waals surface area contributed by atoms with E-state index in [2.05, 4.69) is 52.3 Å². The van der Waals surface area contributed by atoms with Crippen LogP contribution in [0, 0.1) is 0 Å². The van der Waals surface area contributed by atoms with Crippen LogP contribution < -0.4 is 0 Å². The van der Waals surface area contributed by atoms with Gasteiger partial charge in [-0.15, -0.1) is 25.3 Å². The highest BCUT2D eigenvalue weighted by atomic mass is 32.1. The van der Waals surface area contributed by atoms with Crippen molar-refractivity contribution < 1.29 is 19.1 Å². The van der Waals surface area contributed by atoms with E-state index in [0.29, 0.717) is 11.1 Å². The molecule has 4 rings (SSSR count). The fourth-order valence-electron chi connectivity index (χ4n) is 4.96. The van der Waals surface area contributed by atoms with Crippen LogP contribution in [0.3, 0.4) is 0 Å². The Bertz CT molecular complexity index is 1530. The van der Waals surface area contributed by atoms with Gasteiger partial charge < -0.3 is 9.47 Å². The summed E-state index contributed by atoms with van der Waals surface area (Å²) in [7, 11) is 0. The first-order valence-corrected chi connectivity index (χ1v) is 15.0. The number of benzene rings is 4. The molecule has 0 N–H and O–H groups in total. The average molecular weight is 609 g/mol. The van der Waals surface area contributed by atoms with Crippen molar-refractivity contribution in [3.8, 4) is 22.3 Å². The summed E-state index contributed by atoms with van der Waals surface area (Å²) in [6.07, 6.45) is 0. The first-order chi connectivity index (χ1) is 20.4. The van der Waals surface area contributed by atoms with Crippen LogP contribution >= 0.6 is 25.3 Å². The number of allylic oxidation sites excluding steroid dienone is 2. The van der Waals surface area contributed by atoms with Crippen molar-refractivity contribution >= 4 is 36.8 Å². The summed E-state index contributed by atoms with van der Waals surface area (Å²) in [5.74, 6) is -0.512. The van der Waals surface area contributed by atoms with E-state index < -0.39 is 16.3 Å². The maximum atomic E-state index is 13.4. The molecule has 0 amide bonds. The maximum Gasteiger partial charge on any atom is 0.227 e. The summed E-state index contributed by atoms with van der Waals surface area (Å²) >= 11 is 8.49. The highest BCUT2D eigenvalue weighted by Crippen LogP contribution is 2.39. The van der Waals surface area contributed by atoms with Crippen molar-refractivity contribution in [2.24, 2.45) is 0 Å². The Morgan fingerprint density at radius 1 is 0.628 bits per heavy atom. The molecule has 2 atom stereocenters. The SMILES string of the molecule is C=C(OC(C)S)C(=O)c1ccc(C(C)(C)c2ccc(C(=O)C(=C)OC(C)S)c(-c3ccccc3)c2)cc1-c1ccccc1. The molecular formula is C37H36O4S2. The van der Waals surface area contributed by atoms with Gasteiger partial charge in [-0.2, -0.15) is 0 Å². The molecular weight excluding hydrogens is 573 g/mol. The van der Waals surface area contributed by atoms with Crippen molar-refractivity contribution in [2.75, 3.05) is 0 Å². The number of rotatable bonds is 12. The Labute approximate surface area is 265 Å². The second-order valence-corrected chi connectivity index (χ2v) is 12.3. The first-order valence-electron chi connectivity index (χ1n) is 14.0. The molecule has 0 aliphatic heterocycles. The number of ether oxygens (including phenoxy) is 2. The third-order valence-electron chi connectivity index (χ3n) is 7.27. The van der Waals surface area contributed by atoms with Crippen LogP contribution in [-0.2, 0) is 14.9 Å². The Kier molecular flexibility index (Phi) is 10.0. The smallest absolute Gasteiger partial charge is 0.227 e. The summed E-state index contributed by atoms with van der Waals surface area (Å²) < 4.78 is 11.0. The number of ketones is 2. The number of hydrogen-bond acceptors (Lipinski definition) is 6. The van der Waals surface area contributed by atoms with Crippen LogP contribution in [0.2, 0.25) is 0 Å². The quantitative estimate of drug-likeness (QED) is 0.0553. The molecule has 4 nitrogen and oxygen atoms in total. The Balaban J connectivity index is 1.84. The topological polar surface area (TPSA) is 52.6 Å². The average Bonchev–Trinajstić information content (AvgIpc) is 2.99. The van der Waals surface area contributed by atoms with Gasteiger partial charge in [0.15, 0.2) is 11.5 Å². The molecule has 0 saturated carbocycles. The molecule has 220 valence electrons. The number of carbonyl (C=O) groups is 2. The van der Waals surface area contributed by atoms with Gasteiger partial charge in [-0.25, -0.2) is 0 Å². The van der Waals surface area contributed by atoms with E-state index in [9.17, 15) is 9.59 Å². The normalized spacial score (nSPS) is 12.6. The number of hydrogen-bond donors (Lipinski definition) is 2. The minimum Gasteiger partial charge on any atom is -0.477 e. The molecule has 0 aliphatic rings. The fraction of sp³-hybridized carbons (Fsp3) is 0.189. The van der Waals surface area contributed by atoms with Gasteiger partial charge in [-0.1, -0.05) is 99.8 Å². The highest BCUT2D eigenvalue weighted by molar-refractivity contribution is 7.80. The highest BCUT2D eigenvalue weighted by Gasteiger charge is 2.28. The summed E-state index contributed by atoms with van der Waals surface area (Å²) in [6, 6.07) is 31.2. The minimum atomic E-state index is -0.504. The van der Waals surface area contributed by atoms with E-state index in [1.807, 2.05) is 97.1 Å².